The van der Waals surface area contributed by atoms with E-state index >= 15 is 0 Å². The van der Waals surface area contributed by atoms with Gasteiger partial charge in [-0.2, -0.15) is 0 Å². The Hall–Kier alpha value is -0.390. The largest absolute Gasteiger partial charge is 1.00 e. The van der Waals surface area contributed by atoms with Gasteiger partial charge in [0.15, 0.2) is 0 Å². The fourth-order valence-electron chi connectivity index (χ4n) is 0.562. The van der Waals surface area contributed by atoms with Gasteiger partial charge in [0.25, 0.3) is 0 Å². The molecule has 0 aliphatic heterocycles. The molecule has 1 rings (SSSR count). The molecule has 0 fully saturated rings. The Balaban J connectivity index is 0. The van der Waals surface area contributed by atoms with Crippen LogP contribution in [-0.2, 0) is 11.3 Å². The van der Waals surface area contributed by atoms with Crippen molar-refractivity contribution in [3.63, 3.8) is 0 Å². The molecule has 0 bridgehead atoms. The van der Waals surface area contributed by atoms with Gasteiger partial charge in [-0.15, -0.1) is 5.10 Å². The molecule has 0 atom stereocenters. The van der Waals surface area contributed by atoms with Crippen molar-refractivity contribution in [1.82, 2.24) is 15.0 Å². The first kappa shape index (κ1) is 10.6. The van der Waals surface area contributed by atoms with Gasteiger partial charge >= 0.3 is 35.5 Å². The first-order valence-corrected chi connectivity index (χ1v) is 2.85. The molecule has 0 unspecified atom stereocenters. The van der Waals surface area contributed by atoms with E-state index in [2.05, 4.69) is 10.3 Å². The van der Waals surface area contributed by atoms with Crippen molar-refractivity contribution in [2.45, 2.75) is 13.0 Å². The average molecular weight is 165 g/mol. The molecule has 0 saturated heterocycles. The normalized spacial score (nSPS) is 8.73. The number of aromatic nitrogens is 3. The molecule has 0 aliphatic rings. The van der Waals surface area contributed by atoms with Gasteiger partial charge in [0.2, 0.25) is 0 Å². The number of rotatable bonds is 3. The van der Waals surface area contributed by atoms with Crippen LogP contribution in [0.3, 0.4) is 0 Å². The molecule has 6 heteroatoms. The number of hydrogen-bond acceptors (Lipinski definition) is 3. The number of carbonyl (C=O) groups is 1. The molecule has 0 amide bonds. The van der Waals surface area contributed by atoms with Crippen molar-refractivity contribution < 1.29 is 40.9 Å². The third-order valence-corrected chi connectivity index (χ3v) is 1.03. The minimum absolute atomic E-state index is 0. The van der Waals surface area contributed by atoms with E-state index in [0.29, 0.717) is 6.54 Å². The second-order valence-corrected chi connectivity index (χ2v) is 1.81. The van der Waals surface area contributed by atoms with Crippen LogP contribution in [0.15, 0.2) is 12.4 Å². The van der Waals surface area contributed by atoms with Gasteiger partial charge < -0.3 is 6.53 Å². The summed E-state index contributed by atoms with van der Waals surface area (Å²) in [5.41, 5.74) is 0. The maximum absolute atomic E-state index is 10.0. The quantitative estimate of drug-likeness (QED) is 0.481. The Kier molecular flexibility index (Phi) is 5.10. The fraction of sp³-hybridized carbons (Fsp3) is 0.400. The summed E-state index contributed by atoms with van der Waals surface area (Å²) in [5, 5.41) is 15.4. The summed E-state index contributed by atoms with van der Waals surface area (Å²) in [7, 11) is 0. The number of nitrogens with zero attached hydrogens (tertiary/aromatic N) is 3. The van der Waals surface area contributed by atoms with E-state index in [1.165, 1.54) is 10.9 Å². The van der Waals surface area contributed by atoms with Gasteiger partial charge in [-0.3, -0.25) is 9.48 Å². The molecule has 0 aromatic carbocycles. The summed E-state index contributed by atoms with van der Waals surface area (Å²) in [6.07, 6.45) is 3.23. The van der Waals surface area contributed by atoms with Gasteiger partial charge in [-0.1, -0.05) is 5.21 Å². The molecular weight excluding hydrogens is 157 g/mol. The summed E-state index contributed by atoms with van der Waals surface area (Å²) in [6, 6.07) is 0. The monoisotopic (exact) mass is 165 g/mol. The maximum atomic E-state index is 10.0. The topological polar surface area (TPSA) is 68.0 Å². The van der Waals surface area contributed by atoms with Gasteiger partial charge in [0.05, 0.1) is 19.2 Å². The molecule has 1 aromatic heterocycles. The van der Waals surface area contributed by atoms with Gasteiger partial charge in [-0.25, -0.2) is 0 Å². The summed E-state index contributed by atoms with van der Waals surface area (Å²) in [5.74, 6) is -0.824. The average Bonchev–Trinajstić information content (AvgIpc) is 2.34. The maximum Gasteiger partial charge on any atom is 1.00 e. The van der Waals surface area contributed by atoms with Crippen molar-refractivity contribution in [2.75, 3.05) is 0 Å². The molecule has 0 spiro atoms. The minimum atomic E-state index is -0.824. The first-order chi connectivity index (χ1) is 4.79. The molecule has 0 saturated carbocycles. The van der Waals surface area contributed by atoms with Crippen LogP contribution in [-0.4, -0.2) is 26.1 Å². The van der Waals surface area contributed by atoms with Crippen molar-refractivity contribution in [3.05, 3.63) is 12.4 Å². The van der Waals surface area contributed by atoms with Crippen molar-refractivity contribution >= 4 is 5.97 Å². The minimum Gasteiger partial charge on any atom is -1.00 e. The van der Waals surface area contributed by atoms with Gasteiger partial charge in [-0.05, 0) is 0 Å². The number of aliphatic carboxylic acids is 1. The van der Waals surface area contributed by atoms with E-state index in [1.807, 2.05) is 0 Å². The SMILES string of the molecule is O=C(O)CCn1ccnn1.[H-].[Na+]. The van der Waals surface area contributed by atoms with Crippen LogP contribution < -0.4 is 29.6 Å². The van der Waals surface area contributed by atoms with E-state index in [0.717, 1.165) is 0 Å². The van der Waals surface area contributed by atoms with Crippen LogP contribution in [0.5, 0.6) is 0 Å². The summed E-state index contributed by atoms with van der Waals surface area (Å²) in [6.45, 7) is 0.384. The van der Waals surface area contributed by atoms with Crippen LogP contribution in [0.4, 0.5) is 0 Å². The zero-order valence-electron chi connectivity index (χ0n) is 7.27. The van der Waals surface area contributed by atoms with Crippen LogP contribution in [0.2, 0.25) is 0 Å². The third-order valence-electron chi connectivity index (χ3n) is 1.03. The molecule has 0 radical (unpaired) electrons. The summed E-state index contributed by atoms with van der Waals surface area (Å²) >= 11 is 0. The van der Waals surface area contributed by atoms with Gasteiger partial charge in [0, 0.05) is 6.20 Å². The molecule has 0 aliphatic carbocycles. The molecule has 1 aromatic rings. The van der Waals surface area contributed by atoms with E-state index in [9.17, 15) is 4.79 Å². The Morgan fingerprint density at radius 2 is 2.45 bits per heavy atom. The molecular formula is C5H8N3NaO2. The van der Waals surface area contributed by atoms with Crippen molar-refractivity contribution in [3.8, 4) is 0 Å². The Labute approximate surface area is 87.2 Å². The predicted molar refractivity (Wildman–Crippen MR) is 33.4 cm³/mol. The Bertz CT molecular complexity index is 216. The number of carboxylic acids is 1. The fourth-order valence-corrected chi connectivity index (χ4v) is 0.562. The van der Waals surface area contributed by atoms with Crippen LogP contribution in [0.1, 0.15) is 7.85 Å². The van der Waals surface area contributed by atoms with Crippen molar-refractivity contribution in [2.24, 2.45) is 0 Å². The third kappa shape index (κ3) is 4.13. The van der Waals surface area contributed by atoms with Crippen LogP contribution in [0.25, 0.3) is 0 Å². The molecule has 5 nitrogen and oxygen atoms in total. The molecule has 1 heterocycles. The Morgan fingerprint density at radius 3 is 2.91 bits per heavy atom. The van der Waals surface area contributed by atoms with Crippen LogP contribution >= 0.6 is 0 Å². The predicted octanol–water partition coefficient (Wildman–Crippen LogP) is -3.13. The zero-order valence-corrected chi connectivity index (χ0v) is 8.27. The zero-order chi connectivity index (χ0) is 7.40. The number of aryl methyl sites for hydroxylation is 1. The number of hydrogen-bond donors (Lipinski definition) is 1. The molecule has 11 heavy (non-hydrogen) atoms. The first-order valence-electron chi connectivity index (χ1n) is 2.85. The van der Waals surface area contributed by atoms with Gasteiger partial charge in [0.1, 0.15) is 0 Å². The van der Waals surface area contributed by atoms with E-state index in [-0.39, 0.29) is 37.4 Å². The molecule has 1 N–H and O–H groups in total. The summed E-state index contributed by atoms with van der Waals surface area (Å²) < 4.78 is 1.48. The Morgan fingerprint density at radius 1 is 1.73 bits per heavy atom. The van der Waals surface area contributed by atoms with Crippen LogP contribution in [0, 0.1) is 0 Å². The second-order valence-electron chi connectivity index (χ2n) is 1.81. The van der Waals surface area contributed by atoms with E-state index in [1.54, 1.807) is 6.20 Å². The van der Waals surface area contributed by atoms with E-state index in [4.69, 9.17) is 5.11 Å². The smallest absolute Gasteiger partial charge is 1.00 e. The molecule has 56 valence electrons. The second kappa shape index (κ2) is 5.29. The van der Waals surface area contributed by atoms with E-state index < -0.39 is 5.97 Å². The number of carboxylic acid groups (broad SMARTS) is 1. The van der Waals surface area contributed by atoms with Crippen molar-refractivity contribution in [1.29, 1.82) is 0 Å². The summed E-state index contributed by atoms with van der Waals surface area (Å²) in [4.78, 5) is 10.0. The standard InChI is InChI=1S/C5H7N3O2.Na.H/c9-5(10)1-3-8-4-2-6-7-8;;/h2,4H,1,3H2,(H,9,10);;/q;+1;-1.